The molecule has 1 amide bonds. The van der Waals surface area contributed by atoms with Crippen molar-refractivity contribution in [1.29, 1.82) is 0 Å². The number of amides is 1. The van der Waals surface area contributed by atoms with E-state index in [1.807, 2.05) is 0 Å². The van der Waals surface area contributed by atoms with Crippen LogP contribution in [0.5, 0.6) is 0 Å². The molecule has 2 aromatic rings. The summed E-state index contributed by atoms with van der Waals surface area (Å²) in [6.07, 6.45) is 0. The van der Waals surface area contributed by atoms with Gasteiger partial charge in [-0.25, -0.2) is 4.79 Å². The molecule has 0 radical (unpaired) electrons. The topological polar surface area (TPSA) is 101 Å². The van der Waals surface area contributed by atoms with Crippen LogP contribution in [-0.4, -0.2) is 39.4 Å². The fourth-order valence-corrected chi connectivity index (χ4v) is 2.17. The molecule has 2 aromatic carbocycles. The van der Waals surface area contributed by atoms with E-state index in [0.29, 0.717) is 5.56 Å². The van der Waals surface area contributed by atoms with Crippen LogP contribution in [0.25, 0.3) is 11.1 Å². The predicted octanol–water partition coefficient (Wildman–Crippen LogP) is 3.20. The molecule has 0 aliphatic heterocycles. The molecule has 0 saturated carbocycles. The molecular formula is C18H18N2O5. The highest BCUT2D eigenvalue weighted by Crippen LogP contribution is 2.24. The highest BCUT2D eigenvalue weighted by Gasteiger charge is 2.35. The Morgan fingerprint density at radius 1 is 1.00 bits per heavy atom. The van der Waals surface area contributed by atoms with Gasteiger partial charge in [0.05, 0.1) is 4.92 Å². The van der Waals surface area contributed by atoms with Gasteiger partial charge in [0, 0.05) is 24.7 Å². The van der Waals surface area contributed by atoms with Crippen LogP contribution < -0.4 is 0 Å². The molecule has 0 bridgehead atoms. The van der Waals surface area contributed by atoms with Gasteiger partial charge in [-0.15, -0.1) is 0 Å². The summed E-state index contributed by atoms with van der Waals surface area (Å²) in [5.74, 6) is -1.49. The van der Waals surface area contributed by atoms with Gasteiger partial charge >= 0.3 is 5.97 Å². The van der Waals surface area contributed by atoms with Gasteiger partial charge in [-0.3, -0.25) is 14.9 Å². The zero-order valence-corrected chi connectivity index (χ0v) is 14.1. The normalized spacial score (nSPS) is 11.0. The van der Waals surface area contributed by atoms with Crippen LogP contribution in [-0.2, 0) is 4.79 Å². The minimum Gasteiger partial charge on any atom is -0.480 e. The molecule has 1 N–H and O–H groups in total. The summed E-state index contributed by atoms with van der Waals surface area (Å²) in [5, 5.41) is 19.9. The lowest BCUT2D eigenvalue weighted by molar-refractivity contribution is -0.384. The molecular weight excluding hydrogens is 324 g/mol. The Hall–Kier alpha value is -3.22. The van der Waals surface area contributed by atoms with Crippen molar-refractivity contribution in [3.8, 4) is 11.1 Å². The van der Waals surface area contributed by atoms with Crippen molar-refractivity contribution in [3.63, 3.8) is 0 Å². The van der Waals surface area contributed by atoms with Crippen molar-refractivity contribution in [3.05, 3.63) is 64.2 Å². The van der Waals surface area contributed by atoms with Crippen LogP contribution in [0.15, 0.2) is 48.5 Å². The Balaban J connectivity index is 2.23. The Morgan fingerprint density at radius 2 is 1.44 bits per heavy atom. The monoisotopic (exact) mass is 342 g/mol. The number of rotatable bonds is 5. The lowest BCUT2D eigenvalue weighted by Gasteiger charge is -2.31. The van der Waals surface area contributed by atoms with E-state index in [9.17, 15) is 24.8 Å². The van der Waals surface area contributed by atoms with Gasteiger partial charge in [0.2, 0.25) is 0 Å². The second-order valence-electron chi connectivity index (χ2n) is 6.11. The van der Waals surface area contributed by atoms with Crippen molar-refractivity contribution in [1.82, 2.24) is 4.90 Å². The lowest BCUT2D eigenvalue weighted by Crippen LogP contribution is -2.50. The lowest BCUT2D eigenvalue weighted by atomic mass is 10.0. The number of carboxylic acid groups (broad SMARTS) is 1. The van der Waals surface area contributed by atoms with Crippen molar-refractivity contribution in [2.24, 2.45) is 0 Å². The number of carbonyl (C=O) groups is 2. The minimum absolute atomic E-state index is 0.00748. The van der Waals surface area contributed by atoms with Crippen LogP contribution in [0, 0.1) is 10.1 Å². The van der Waals surface area contributed by atoms with E-state index < -0.39 is 22.3 Å². The molecule has 0 fully saturated rings. The molecule has 0 aliphatic rings. The minimum atomic E-state index is -1.33. The smallest absolute Gasteiger partial charge is 0.329 e. The first-order valence-electron chi connectivity index (χ1n) is 7.51. The first kappa shape index (κ1) is 18.1. The first-order chi connectivity index (χ1) is 11.6. The van der Waals surface area contributed by atoms with Crippen molar-refractivity contribution >= 4 is 17.6 Å². The fraction of sp³-hybridized carbons (Fsp3) is 0.222. The van der Waals surface area contributed by atoms with E-state index in [1.165, 1.54) is 37.9 Å². The molecule has 2 rings (SSSR count). The van der Waals surface area contributed by atoms with E-state index in [1.54, 1.807) is 36.4 Å². The van der Waals surface area contributed by atoms with Crippen LogP contribution in [0.2, 0.25) is 0 Å². The second kappa shape index (κ2) is 6.72. The fourth-order valence-electron chi connectivity index (χ4n) is 2.17. The molecule has 0 spiro atoms. The summed E-state index contributed by atoms with van der Waals surface area (Å²) in [6, 6.07) is 12.7. The van der Waals surface area contributed by atoms with E-state index in [-0.39, 0.29) is 5.69 Å². The van der Waals surface area contributed by atoms with Crippen molar-refractivity contribution in [2.75, 3.05) is 7.05 Å². The average Bonchev–Trinajstić information content (AvgIpc) is 2.60. The van der Waals surface area contributed by atoms with Crippen molar-refractivity contribution in [2.45, 2.75) is 19.4 Å². The second-order valence-corrected chi connectivity index (χ2v) is 6.11. The third kappa shape index (κ3) is 3.65. The van der Waals surface area contributed by atoms with Gasteiger partial charge in [0.15, 0.2) is 0 Å². The van der Waals surface area contributed by atoms with Crippen LogP contribution in [0.3, 0.4) is 0 Å². The summed E-state index contributed by atoms with van der Waals surface area (Å²) in [5.41, 5.74) is 0.625. The SMILES string of the molecule is CN(C(=O)c1ccc(-c2ccc([N+](=O)[O-])cc2)cc1)C(C)(C)C(=O)O. The van der Waals surface area contributed by atoms with Gasteiger partial charge in [0.25, 0.3) is 11.6 Å². The Labute approximate surface area is 144 Å². The standard InChI is InChI=1S/C18H18N2O5/c1-18(2,17(22)23)19(3)16(21)14-6-4-12(5-7-14)13-8-10-15(11-9-13)20(24)25/h4-11H,1-3H3,(H,22,23). The molecule has 25 heavy (non-hydrogen) atoms. The van der Waals surface area contributed by atoms with Crippen LogP contribution in [0.1, 0.15) is 24.2 Å². The number of carbonyl (C=O) groups excluding carboxylic acids is 1. The molecule has 0 heterocycles. The number of nitrogens with zero attached hydrogens (tertiary/aromatic N) is 2. The number of likely N-dealkylation sites (N-methyl/N-ethyl adjacent to an activating group) is 1. The number of nitro groups is 1. The third-order valence-electron chi connectivity index (χ3n) is 4.21. The summed E-state index contributed by atoms with van der Waals surface area (Å²) in [7, 11) is 1.45. The summed E-state index contributed by atoms with van der Waals surface area (Å²) in [4.78, 5) is 35.1. The zero-order chi connectivity index (χ0) is 18.8. The molecule has 0 unspecified atom stereocenters. The highest BCUT2D eigenvalue weighted by molar-refractivity contribution is 5.97. The Bertz CT molecular complexity index is 810. The van der Waals surface area contributed by atoms with Gasteiger partial charge in [0.1, 0.15) is 5.54 Å². The highest BCUT2D eigenvalue weighted by atomic mass is 16.6. The van der Waals surface area contributed by atoms with E-state index in [0.717, 1.165) is 11.1 Å². The number of nitro benzene ring substituents is 1. The first-order valence-corrected chi connectivity index (χ1v) is 7.51. The van der Waals surface area contributed by atoms with Crippen LogP contribution in [0.4, 0.5) is 5.69 Å². The molecule has 0 aliphatic carbocycles. The zero-order valence-electron chi connectivity index (χ0n) is 14.1. The van der Waals surface area contributed by atoms with Gasteiger partial charge in [-0.2, -0.15) is 0 Å². The summed E-state index contributed by atoms with van der Waals surface area (Å²) in [6.45, 7) is 2.91. The Morgan fingerprint density at radius 3 is 1.84 bits per heavy atom. The molecule has 130 valence electrons. The van der Waals surface area contributed by atoms with E-state index in [2.05, 4.69) is 0 Å². The number of hydrogen-bond acceptors (Lipinski definition) is 4. The molecule has 0 aromatic heterocycles. The predicted molar refractivity (Wildman–Crippen MR) is 92.3 cm³/mol. The molecule has 7 nitrogen and oxygen atoms in total. The van der Waals surface area contributed by atoms with Crippen molar-refractivity contribution < 1.29 is 19.6 Å². The van der Waals surface area contributed by atoms with Gasteiger partial charge in [-0.05, 0) is 49.2 Å². The Kier molecular flexibility index (Phi) is 4.87. The van der Waals surface area contributed by atoms with Gasteiger partial charge < -0.3 is 10.0 Å². The number of hydrogen-bond donors (Lipinski definition) is 1. The van der Waals surface area contributed by atoms with E-state index in [4.69, 9.17) is 0 Å². The maximum absolute atomic E-state index is 12.5. The third-order valence-corrected chi connectivity index (χ3v) is 4.21. The van der Waals surface area contributed by atoms with Gasteiger partial charge in [-0.1, -0.05) is 12.1 Å². The number of carboxylic acids is 1. The summed E-state index contributed by atoms with van der Waals surface area (Å²) < 4.78 is 0. The summed E-state index contributed by atoms with van der Waals surface area (Å²) >= 11 is 0. The maximum atomic E-state index is 12.5. The average molecular weight is 342 g/mol. The molecule has 7 heteroatoms. The van der Waals surface area contributed by atoms with E-state index >= 15 is 0 Å². The quantitative estimate of drug-likeness (QED) is 0.664. The largest absolute Gasteiger partial charge is 0.480 e. The van der Waals surface area contributed by atoms with Crippen LogP contribution >= 0.6 is 0 Å². The number of benzene rings is 2. The molecule has 0 saturated heterocycles. The number of aliphatic carboxylic acids is 1. The number of non-ortho nitro benzene ring substituents is 1. The maximum Gasteiger partial charge on any atom is 0.329 e. The molecule has 0 atom stereocenters.